The molecule has 250 valence electrons. The molecule has 2 saturated heterocycles. The quantitative estimate of drug-likeness (QED) is 0.146. The molecule has 2 unspecified atom stereocenters. The molecule has 2 fully saturated rings. The van der Waals surface area contributed by atoms with Gasteiger partial charge in [0.05, 0.1) is 59.3 Å². The molecule has 2 aliphatic heterocycles. The highest BCUT2D eigenvalue weighted by atomic mass is 32.1. The molecule has 6 nitrogen and oxygen atoms in total. The summed E-state index contributed by atoms with van der Waals surface area (Å²) in [5.41, 5.74) is 1.39. The zero-order chi connectivity index (χ0) is 33.2. The Morgan fingerprint density at radius 3 is 2.52 bits per heavy atom. The highest BCUT2D eigenvalue weighted by Crippen LogP contribution is 2.40. The standard InChI is InChI=1S/C34H42F4N3O3PS/c1-21-16-23(17-22(2)44-21)41-15-13-28(27(35)20-41)40-30-9-6-8-25-26(19-34(36,37)38)32(46-33(25)30)10-7-14-39-29-12-11-24(45(4,5)42)18-31(29)43-3/h6,8-9,11-12,18,21-23,27-28,39-40H,13-17,19-20H2,1-5H3/t21?,22?,23?,27-,28+/m0/s1. The van der Waals surface area contributed by atoms with E-state index in [4.69, 9.17) is 9.47 Å². The van der Waals surface area contributed by atoms with Crippen LogP contribution < -0.4 is 20.7 Å². The second-order valence-corrected chi connectivity index (χ2v) is 16.9. The van der Waals surface area contributed by atoms with Gasteiger partial charge >= 0.3 is 6.18 Å². The average molecular weight is 680 g/mol. The predicted octanol–water partition coefficient (Wildman–Crippen LogP) is 7.51. The number of alkyl halides is 4. The molecule has 0 amide bonds. The Morgan fingerprint density at radius 1 is 1.13 bits per heavy atom. The number of thiophene rings is 1. The van der Waals surface area contributed by atoms with Crippen LogP contribution in [-0.2, 0) is 15.7 Å². The minimum atomic E-state index is -4.42. The van der Waals surface area contributed by atoms with Gasteiger partial charge in [-0.3, -0.25) is 4.90 Å². The summed E-state index contributed by atoms with van der Waals surface area (Å²) in [6.45, 7) is 8.69. The molecule has 4 atom stereocenters. The van der Waals surface area contributed by atoms with Crippen molar-refractivity contribution >= 4 is 45.2 Å². The maximum absolute atomic E-state index is 15.6. The van der Waals surface area contributed by atoms with E-state index in [0.29, 0.717) is 50.4 Å². The number of halogens is 4. The Balaban J connectivity index is 1.33. The van der Waals surface area contributed by atoms with Crippen molar-refractivity contribution in [3.63, 3.8) is 0 Å². The number of fused-ring (bicyclic) bond motifs is 1. The molecule has 0 bridgehead atoms. The van der Waals surface area contributed by atoms with Gasteiger partial charge in [-0.1, -0.05) is 24.0 Å². The van der Waals surface area contributed by atoms with Crippen molar-refractivity contribution in [2.75, 3.05) is 50.7 Å². The first-order valence-corrected chi connectivity index (χ1v) is 19.0. The molecule has 0 spiro atoms. The van der Waals surface area contributed by atoms with Gasteiger partial charge in [-0.25, -0.2) is 4.39 Å². The van der Waals surface area contributed by atoms with Gasteiger partial charge in [0.25, 0.3) is 0 Å². The fraction of sp³-hybridized carbons (Fsp3) is 0.529. The largest absolute Gasteiger partial charge is 0.495 e. The highest BCUT2D eigenvalue weighted by Gasteiger charge is 2.36. The van der Waals surface area contributed by atoms with Crippen molar-refractivity contribution in [1.29, 1.82) is 0 Å². The summed E-state index contributed by atoms with van der Waals surface area (Å²) in [5, 5.41) is 7.65. The van der Waals surface area contributed by atoms with Crippen molar-refractivity contribution in [3.8, 4) is 17.6 Å². The number of anilines is 2. The fourth-order valence-electron chi connectivity index (χ4n) is 6.48. The van der Waals surface area contributed by atoms with Crippen LogP contribution in [0.3, 0.4) is 0 Å². The smallest absolute Gasteiger partial charge is 0.393 e. The molecule has 1 aromatic heterocycles. The van der Waals surface area contributed by atoms with Crippen LogP contribution in [0, 0.1) is 11.8 Å². The van der Waals surface area contributed by atoms with Crippen molar-refractivity contribution in [1.82, 2.24) is 4.90 Å². The first-order chi connectivity index (χ1) is 21.7. The number of methoxy groups -OCH3 is 1. The minimum absolute atomic E-state index is 0.126. The Labute approximate surface area is 272 Å². The van der Waals surface area contributed by atoms with Crippen LogP contribution in [-0.4, -0.2) is 81.6 Å². The first kappa shape index (κ1) is 34.6. The molecule has 2 aliphatic rings. The second kappa shape index (κ2) is 14.1. The van der Waals surface area contributed by atoms with Gasteiger partial charge in [0.15, 0.2) is 0 Å². The fourth-order valence-corrected chi connectivity index (χ4v) is 8.51. The third-order valence-electron chi connectivity index (χ3n) is 8.67. The summed E-state index contributed by atoms with van der Waals surface area (Å²) in [6, 6.07) is 10.3. The zero-order valence-corrected chi connectivity index (χ0v) is 28.6. The van der Waals surface area contributed by atoms with E-state index in [-0.39, 0.29) is 30.4 Å². The van der Waals surface area contributed by atoms with Gasteiger partial charge in [0, 0.05) is 24.4 Å². The van der Waals surface area contributed by atoms with Crippen LogP contribution in [0.25, 0.3) is 10.1 Å². The van der Waals surface area contributed by atoms with Crippen LogP contribution >= 0.6 is 18.5 Å². The molecule has 46 heavy (non-hydrogen) atoms. The van der Waals surface area contributed by atoms with Gasteiger partial charge in [-0.2, -0.15) is 13.2 Å². The molecule has 5 rings (SSSR count). The van der Waals surface area contributed by atoms with E-state index in [2.05, 4.69) is 41.2 Å². The molecule has 12 heteroatoms. The molecule has 0 aliphatic carbocycles. The number of likely N-dealkylation sites (tertiary alicyclic amines) is 1. The summed E-state index contributed by atoms with van der Waals surface area (Å²) >= 11 is 1.20. The van der Waals surface area contributed by atoms with Crippen molar-refractivity contribution in [2.45, 2.75) is 76.2 Å². The lowest BCUT2D eigenvalue weighted by Crippen LogP contribution is -2.53. The minimum Gasteiger partial charge on any atom is -0.495 e. The second-order valence-electron chi connectivity index (χ2n) is 12.7. The lowest BCUT2D eigenvalue weighted by Gasteiger charge is -2.43. The van der Waals surface area contributed by atoms with E-state index < -0.39 is 32.0 Å². The van der Waals surface area contributed by atoms with Gasteiger partial charge in [-0.05, 0) is 81.7 Å². The number of ether oxygens (including phenoxy) is 2. The monoisotopic (exact) mass is 679 g/mol. The summed E-state index contributed by atoms with van der Waals surface area (Å²) in [7, 11) is -0.965. The molecular formula is C34H42F4N3O3PS. The number of piperidine rings is 1. The van der Waals surface area contributed by atoms with E-state index in [1.54, 1.807) is 49.7 Å². The van der Waals surface area contributed by atoms with E-state index in [0.717, 1.165) is 19.4 Å². The Bertz CT molecular complexity index is 1640. The van der Waals surface area contributed by atoms with Gasteiger partial charge < -0.3 is 24.7 Å². The van der Waals surface area contributed by atoms with Gasteiger partial charge in [-0.15, -0.1) is 11.3 Å². The maximum Gasteiger partial charge on any atom is 0.393 e. The molecular weight excluding hydrogens is 637 g/mol. The molecule has 2 aromatic carbocycles. The normalized spacial score (nSPS) is 24.3. The topological polar surface area (TPSA) is 62.8 Å². The summed E-state index contributed by atoms with van der Waals surface area (Å²) in [5.74, 6) is 6.43. The van der Waals surface area contributed by atoms with E-state index >= 15 is 4.39 Å². The number of benzene rings is 2. The number of rotatable bonds is 8. The first-order valence-electron chi connectivity index (χ1n) is 15.6. The Hall–Kier alpha value is -2.77. The summed E-state index contributed by atoms with van der Waals surface area (Å²) in [4.78, 5) is 2.56. The third-order valence-corrected chi connectivity index (χ3v) is 11.4. The highest BCUT2D eigenvalue weighted by molar-refractivity contribution is 7.70. The Morgan fingerprint density at radius 2 is 1.87 bits per heavy atom. The van der Waals surface area contributed by atoms with Crippen LogP contribution in [0.4, 0.5) is 28.9 Å². The number of nitrogens with zero attached hydrogens (tertiary/aromatic N) is 1. The molecule has 2 N–H and O–H groups in total. The number of nitrogens with one attached hydrogen (secondary N) is 2. The van der Waals surface area contributed by atoms with Crippen molar-refractivity contribution in [2.24, 2.45) is 0 Å². The lowest BCUT2D eigenvalue weighted by atomic mass is 9.94. The van der Waals surface area contributed by atoms with Gasteiger partial charge in [0.1, 0.15) is 19.1 Å². The van der Waals surface area contributed by atoms with E-state index in [1.165, 1.54) is 18.4 Å². The SMILES string of the molecule is COc1cc(P(C)(C)=O)ccc1NCC#Cc1sc2c(N[C@@H]3CCN(C4CC(C)OC(C)C4)C[C@@H]3F)cccc2c1CC(F)(F)F. The zero-order valence-electron chi connectivity index (χ0n) is 26.8. The van der Waals surface area contributed by atoms with Crippen LogP contribution in [0.1, 0.15) is 43.6 Å². The lowest BCUT2D eigenvalue weighted by molar-refractivity contribution is -0.126. The maximum atomic E-state index is 15.6. The molecule has 0 radical (unpaired) electrons. The molecule has 3 heterocycles. The molecule has 3 aromatic rings. The van der Waals surface area contributed by atoms with Crippen LogP contribution in [0.2, 0.25) is 0 Å². The number of hydrogen-bond acceptors (Lipinski definition) is 7. The average Bonchev–Trinajstić information content (AvgIpc) is 3.31. The van der Waals surface area contributed by atoms with Crippen molar-refractivity contribution < 1.29 is 31.6 Å². The third kappa shape index (κ3) is 8.38. The Kier molecular flexibility index (Phi) is 10.6. The summed E-state index contributed by atoms with van der Waals surface area (Å²) in [6.07, 6.45) is -4.01. The molecule has 0 saturated carbocycles. The van der Waals surface area contributed by atoms with Gasteiger partial charge in [0.2, 0.25) is 0 Å². The van der Waals surface area contributed by atoms with E-state index in [1.807, 2.05) is 0 Å². The predicted molar refractivity (Wildman–Crippen MR) is 181 cm³/mol. The number of hydrogen-bond donors (Lipinski definition) is 2. The van der Waals surface area contributed by atoms with Crippen molar-refractivity contribution in [3.05, 3.63) is 46.8 Å². The van der Waals surface area contributed by atoms with Crippen LogP contribution in [0.5, 0.6) is 5.75 Å². The van der Waals surface area contributed by atoms with E-state index in [9.17, 15) is 17.7 Å². The summed E-state index contributed by atoms with van der Waals surface area (Å²) < 4.78 is 81.2. The van der Waals surface area contributed by atoms with Crippen LogP contribution in [0.15, 0.2) is 36.4 Å².